The molecule has 0 saturated carbocycles. The van der Waals surface area contributed by atoms with E-state index in [1.54, 1.807) is 7.05 Å². The summed E-state index contributed by atoms with van der Waals surface area (Å²) in [6.07, 6.45) is 2.81. The molecule has 3 heterocycles. The van der Waals surface area contributed by atoms with Crippen molar-refractivity contribution in [2.24, 2.45) is 7.05 Å². The van der Waals surface area contributed by atoms with E-state index in [1.807, 2.05) is 24.3 Å². The second-order valence-corrected chi connectivity index (χ2v) is 8.01. The number of halogens is 1. The van der Waals surface area contributed by atoms with Crippen LogP contribution in [-0.4, -0.2) is 38.8 Å². The van der Waals surface area contributed by atoms with Gasteiger partial charge in [-0.2, -0.15) is 4.31 Å². The van der Waals surface area contributed by atoms with E-state index >= 15 is 0 Å². The van der Waals surface area contributed by atoms with E-state index in [0.29, 0.717) is 12.4 Å². The number of benzene rings is 1. The van der Waals surface area contributed by atoms with Gasteiger partial charge in [0.25, 0.3) is 10.0 Å². The van der Waals surface area contributed by atoms with Crippen LogP contribution in [0.25, 0.3) is 11.0 Å². The van der Waals surface area contributed by atoms with Crippen LogP contribution < -0.4 is 0 Å². The summed E-state index contributed by atoms with van der Waals surface area (Å²) in [6.45, 7) is 0.451. The van der Waals surface area contributed by atoms with Gasteiger partial charge in [0.05, 0.1) is 23.3 Å². The average molecular weight is 366 g/mol. The first-order valence-electron chi connectivity index (χ1n) is 7.62. The number of aromatic nitrogens is 4. The van der Waals surface area contributed by atoms with Crippen LogP contribution in [0.3, 0.4) is 0 Å². The maximum atomic E-state index is 13.0. The lowest BCUT2D eigenvalue weighted by Crippen LogP contribution is -2.32. The third kappa shape index (κ3) is 2.33. The standard InChI is InChI=1S/C15H16ClN5O2S/c1-20-13(9-17-15(20)16)24(22,23)21-8-4-7-12(21)14-18-10-5-2-3-6-11(10)19-14/h2-3,5-6,9,12H,4,7-8H2,1H3,(H,18,19). The van der Waals surface area contributed by atoms with Crippen molar-refractivity contribution >= 4 is 32.7 Å². The van der Waals surface area contributed by atoms with Crippen LogP contribution in [0.5, 0.6) is 0 Å². The van der Waals surface area contributed by atoms with Gasteiger partial charge in [0.2, 0.25) is 5.28 Å². The molecule has 0 aliphatic carbocycles. The van der Waals surface area contributed by atoms with E-state index in [1.165, 1.54) is 15.1 Å². The molecule has 1 aromatic carbocycles. The summed E-state index contributed by atoms with van der Waals surface area (Å²) >= 11 is 5.90. The highest BCUT2D eigenvalue weighted by molar-refractivity contribution is 7.89. The van der Waals surface area contributed by atoms with Gasteiger partial charge in [-0.1, -0.05) is 12.1 Å². The molecule has 1 fully saturated rings. The Morgan fingerprint density at radius 2 is 2.12 bits per heavy atom. The fourth-order valence-corrected chi connectivity index (χ4v) is 5.12. The normalized spacial score (nSPS) is 19.3. The Balaban J connectivity index is 1.76. The van der Waals surface area contributed by atoms with Crippen molar-refractivity contribution in [3.63, 3.8) is 0 Å². The number of para-hydroxylation sites is 2. The van der Waals surface area contributed by atoms with Gasteiger partial charge in [-0.15, -0.1) is 0 Å². The van der Waals surface area contributed by atoms with Gasteiger partial charge in [0.1, 0.15) is 5.82 Å². The van der Waals surface area contributed by atoms with Crippen LogP contribution in [0.4, 0.5) is 0 Å². The predicted molar refractivity (Wildman–Crippen MR) is 90.2 cm³/mol. The Morgan fingerprint density at radius 3 is 2.83 bits per heavy atom. The topological polar surface area (TPSA) is 83.9 Å². The largest absolute Gasteiger partial charge is 0.341 e. The van der Waals surface area contributed by atoms with Gasteiger partial charge in [-0.05, 0) is 36.6 Å². The Labute approximate surface area is 144 Å². The molecule has 2 aromatic heterocycles. The van der Waals surface area contributed by atoms with E-state index in [4.69, 9.17) is 11.6 Å². The third-order valence-corrected chi connectivity index (χ3v) is 6.70. The van der Waals surface area contributed by atoms with Gasteiger partial charge in [0, 0.05) is 13.6 Å². The number of H-pyrrole nitrogens is 1. The number of sulfonamides is 1. The Bertz CT molecular complexity index is 977. The molecule has 3 aromatic rings. The predicted octanol–water partition coefficient (Wildman–Crippen LogP) is 2.48. The molecule has 7 nitrogen and oxygen atoms in total. The molecule has 1 saturated heterocycles. The van der Waals surface area contributed by atoms with Gasteiger partial charge in [0.15, 0.2) is 5.03 Å². The molecule has 1 atom stereocenters. The second-order valence-electron chi connectivity index (χ2n) is 5.84. The zero-order chi connectivity index (χ0) is 16.9. The highest BCUT2D eigenvalue weighted by atomic mass is 35.5. The van der Waals surface area contributed by atoms with Crippen molar-refractivity contribution in [2.45, 2.75) is 23.9 Å². The molecule has 1 aliphatic heterocycles. The fourth-order valence-electron chi connectivity index (χ4n) is 3.16. The number of nitrogens with one attached hydrogen (secondary N) is 1. The van der Waals surface area contributed by atoms with Crippen molar-refractivity contribution < 1.29 is 8.42 Å². The van der Waals surface area contributed by atoms with E-state index in [9.17, 15) is 8.42 Å². The van der Waals surface area contributed by atoms with E-state index < -0.39 is 10.0 Å². The van der Waals surface area contributed by atoms with Crippen molar-refractivity contribution in [1.82, 2.24) is 23.8 Å². The van der Waals surface area contributed by atoms with Gasteiger partial charge < -0.3 is 9.55 Å². The molecule has 1 aliphatic rings. The third-order valence-electron chi connectivity index (χ3n) is 4.39. The number of hydrogen-bond donors (Lipinski definition) is 1. The fraction of sp³-hybridized carbons (Fsp3) is 0.333. The molecule has 1 N–H and O–H groups in total. The summed E-state index contributed by atoms with van der Waals surface area (Å²) in [4.78, 5) is 11.7. The van der Waals surface area contributed by atoms with Gasteiger partial charge in [-0.25, -0.2) is 18.4 Å². The van der Waals surface area contributed by atoms with E-state index in [-0.39, 0.29) is 16.4 Å². The maximum absolute atomic E-state index is 13.0. The summed E-state index contributed by atoms with van der Waals surface area (Å²) in [7, 11) is -2.10. The molecule has 4 rings (SSSR count). The first kappa shape index (κ1) is 15.6. The lowest BCUT2D eigenvalue weighted by molar-refractivity contribution is 0.382. The Morgan fingerprint density at radius 1 is 1.33 bits per heavy atom. The monoisotopic (exact) mass is 365 g/mol. The molecule has 1 unspecified atom stereocenters. The molecule has 9 heteroatoms. The quantitative estimate of drug-likeness (QED) is 0.772. The number of rotatable bonds is 3. The van der Waals surface area contributed by atoms with Crippen LogP contribution in [-0.2, 0) is 17.1 Å². The molecule has 0 bridgehead atoms. The van der Waals surface area contributed by atoms with Gasteiger partial charge in [-0.3, -0.25) is 0 Å². The van der Waals surface area contributed by atoms with Crippen molar-refractivity contribution in [1.29, 1.82) is 0 Å². The molecule has 24 heavy (non-hydrogen) atoms. The number of nitrogens with zero attached hydrogens (tertiary/aromatic N) is 4. The summed E-state index contributed by atoms with van der Waals surface area (Å²) in [5, 5.41) is 0.239. The maximum Gasteiger partial charge on any atom is 0.261 e. The number of fused-ring (bicyclic) bond motifs is 1. The second kappa shape index (κ2) is 5.58. The molecule has 126 valence electrons. The van der Waals surface area contributed by atoms with Crippen LogP contribution >= 0.6 is 11.6 Å². The smallest absolute Gasteiger partial charge is 0.261 e. The minimum atomic E-state index is -3.69. The highest BCUT2D eigenvalue weighted by Gasteiger charge is 2.39. The molecule has 0 spiro atoms. The molecular weight excluding hydrogens is 350 g/mol. The highest BCUT2D eigenvalue weighted by Crippen LogP contribution is 2.36. The molecular formula is C15H16ClN5O2S. The van der Waals surface area contributed by atoms with Crippen LogP contribution in [0.2, 0.25) is 5.28 Å². The van der Waals surface area contributed by atoms with E-state index in [0.717, 1.165) is 23.9 Å². The van der Waals surface area contributed by atoms with Crippen LogP contribution in [0, 0.1) is 0 Å². The number of aromatic amines is 1. The number of hydrogen-bond acceptors (Lipinski definition) is 4. The summed E-state index contributed by atoms with van der Waals surface area (Å²) < 4.78 is 28.9. The molecule has 0 radical (unpaired) electrons. The zero-order valence-electron chi connectivity index (χ0n) is 13.0. The summed E-state index contributed by atoms with van der Waals surface area (Å²) in [5.74, 6) is 0.672. The number of imidazole rings is 2. The van der Waals surface area contributed by atoms with E-state index in [2.05, 4.69) is 15.0 Å². The average Bonchev–Trinajstić information content (AvgIpc) is 3.26. The first-order valence-corrected chi connectivity index (χ1v) is 9.44. The van der Waals surface area contributed by atoms with Crippen LogP contribution in [0.15, 0.2) is 35.5 Å². The minimum Gasteiger partial charge on any atom is -0.341 e. The Kier molecular flexibility index (Phi) is 3.63. The summed E-state index contributed by atoms with van der Waals surface area (Å²) in [6, 6.07) is 7.36. The SMILES string of the molecule is Cn1c(S(=O)(=O)N2CCCC2c2nc3ccccc3[nH]2)cnc1Cl. The van der Waals surface area contributed by atoms with Crippen molar-refractivity contribution in [3.05, 3.63) is 41.6 Å². The Hall–Kier alpha value is -1.90. The first-order chi connectivity index (χ1) is 11.5. The minimum absolute atomic E-state index is 0.0931. The summed E-state index contributed by atoms with van der Waals surface area (Å²) in [5.41, 5.74) is 1.74. The zero-order valence-corrected chi connectivity index (χ0v) is 14.5. The van der Waals surface area contributed by atoms with Crippen molar-refractivity contribution in [3.8, 4) is 0 Å². The lowest BCUT2D eigenvalue weighted by Gasteiger charge is -2.22. The van der Waals surface area contributed by atoms with Gasteiger partial charge >= 0.3 is 0 Å². The van der Waals surface area contributed by atoms with Crippen LogP contribution in [0.1, 0.15) is 24.7 Å². The molecule has 0 amide bonds. The lowest BCUT2D eigenvalue weighted by atomic mass is 10.2. The van der Waals surface area contributed by atoms with Crippen molar-refractivity contribution in [2.75, 3.05) is 6.54 Å².